The van der Waals surface area contributed by atoms with E-state index in [2.05, 4.69) is 24.8 Å². The van der Waals surface area contributed by atoms with Gasteiger partial charge in [0.25, 0.3) is 0 Å². The Morgan fingerprint density at radius 3 is 2.60 bits per heavy atom. The zero-order valence-electron chi connectivity index (χ0n) is 14.4. The van der Waals surface area contributed by atoms with Crippen LogP contribution in [0.25, 0.3) is 22.5 Å². The molecular formula is C17H18N6O2. The zero-order chi connectivity index (χ0) is 18.1. The molecule has 3 heterocycles. The highest BCUT2D eigenvalue weighted by atomic mass is 16.5. The maximum Gasteiger partial charge on any atom is 0.358 e. The van der Waals surface area contributed by atoms with E-state index in [0.717, 1.165) is 22.5 Å². The quantitative estimate of drug-likeness (QED) is 0.727. The van der Waals surface area contributed by atoms with E-state index in [1.807, 2.05) is 33.2 Å². The van der Waals surface area contributed by atoms with E-state index in [4.69, 9.17) is 5.73 Å². The van der Waals surface area contributed by atoms with Gasteiger partial charge in [0.05, 0.1) is 36.6 Å². The molecule has 128 valence electrons. The van der Waals surface area contributed by atoms with Crippen LogP contribution in [0.1, 0.15) is 21.9 Å². The van der Waals surface area contributed by atoms with Gasteiger partial charge in [-0.1, -0.05) is 0 Å². The first kappa shape index (κ1) is 16.6. The number of nitrogens with zero attached hydrogens (tertiary/aromatic N) is 5. The molecule has 0 fully saturated rings. The molecule has 0 aliphatic rings. The number of aromatic nitrogens is 5. The summed E-state index contributed by atoms with van der Waals surface area (Å²) >= 11 is 0. The molecule has 0 atom stereocenters. The minimum absolute atomic E-state index is 0.145. The SMILES string of the molecule is COC(=O)c1cnc(-c2cn(C)nc2-c2cc(C)nc(C)c2N)cn1. The average molecular weight is 338 g/mol. The number of anilines is 1. The molecule has 3 aromatic heterocycles. The van der Waals surface area contributed by atoms with Gasteiger partial charge in [-0.25, -0.2) is 9.78 Å². The summed E-state index contributed by atoms with van der Waals surface area (Å²) in [7, 11) is 3.12. The van der Waals surface area contributed by atoms with Crippen molar-refractivity contribution in [1.82, 2.24) is 24.7 Å². The Labute approximate surface area is 144 Å². The number of hydrogen-bond acceptors (Lipinski definition) is 7. The van der Waals surface area contributed by atoms with Crippen molar-refractivity contribution in [2.24, 2.45) is 7.05 Å². The fourth-order valence-corrected chi connectivity index (χ4v) is 2.59. The normalized spacial score (nSPS) is 10.7. The van der Waals surface area contributed by atoms with Crippen LogP contribution in [-0.2, 0) is 11.8 Å². The smallest absolute Gasteiger partial charge is 0.358 e. The van der Waals surface area contributed by atoms with E-state index in [1.54, 1.807) is 4.68 Å². The second-order valence-electron chi connectivity index (χ2n) is 5.65. The summed E-state index contributed by atoms with van der Waals surface area (Å²) in [5, 5.41) is 4.52. The lowest BCUT2D eigenvalue weighted by Crippen LogP contribution is -2.05. The van der Waals surface area contributed by atoms with Gasteiger partial charge in [0.2, 0.25) is 0 Å². The van der Waals surface area contributed by atoms with Crippen LogP contribution in [0, 0.1) is 13.8 Å². The molecule has 0 aromatic carbocycles. The highest BCUT2D eigenvalue weighted by Crippen LogP contribution is 2.34. The average Bonchev–Trinajstić information content (AvgIpc) is 2.99. The Morgan fingerprint density at radius 1 is 1.20 bits per heavy atom. The first-order valence-corrected chi connectivity index (χ1v) is 7.59. The van der Waals surface area contributed by atoms with Gasteiger partial charge in [0, 0.05) is 30.1 Å². The van der Waals surface area contributed by atoms with Crippen molar-refractivity contribution in [2.75, 3.05) is 12.8 Å². The Bertz CT molecular complexity index is 947. The number of carbonyl (C=O) groups excluding carboxylic acids is 1. The van der Waals surface area contributed by atoms with Gasteiger partial charge in [0.1, 0.15) is 5.69 Å². The summed E-state index contributed by atoms with van der Waals surface area (Å²) < 4.78 is 6.33. The number of pyridine rings is 1. The number of aryl methyl sites for hydroxylation is 3. The van der Waals surface area contributed by atoms with Crippen LogP contribution in [-0.4, -0.2) is 37.8 Å². The molecule has 25 heavy (non-hydrogen) atoms. The summed E-state index contributed by atoms with van der Waals surface area (Å²) in [6.07, 6.45) is 4.73. The van der Waals surface area contributed by atoms with Gasteiger partial charge in [-0.3, -0.25) is 14.6 Å². The summed E-state index contributed by atoms with van der Waals surface area (Å²) in [6, 6.07) is 1.89. The third-order valence-electron chi connectivity index (χ3n) is 3.78. The van der Waals surface area contributed by atoms with Crippen LogP contribution in [0.2, 0.25) is 0 Å². The van der Waals surface area contributed by atoms with Crippen molar-refractivity contribution in [1.29, 1.82) is 0 Å². The largest absolute Gasteiger partial charge is 0.464 e. The van der Waals surface area contributed by atoms with Gasteiger partial charge in [0.15, 0.2) is 5.69 Å². The molecule has 0 bridgehead atoms. The van der Waals surface area contributed by atoms with E-state index in [-0.39, 0.29) is 5.69 Å². The first-order valence-electron chi connectivity index (χ1n) is 7.59. The van der Waals surface area contributed by atoms with Crippen LogP contribution in [0.3, 0.4) is 0 Å². The number of carbonyl (C=O) groups is 1. The number of nitrogen functional groups attached to an aromatic ring is 1. The molecule has 0 aliphatic carbocycles. The van der Waals surface area contributed by atoms with Crippen LogP contribution >= 0.6 is 0 Å². The van der Waals surface area contributed by atoms with E-state index in [9.17, 15) is 4.79 Å². The molecule has 3 aromatic rings. The molecule has 0 amide bonds. The van der Waals surface area contributed by atoms with Crippen LogP contribution < -0.4 is 5.73 Å². The monoisotopic (exact) mass is 338 g/mol. The fourth-order valence-electron chi connectivity index (χ4n) is 2.59. The third-order valence-corrected chi connectivity index (χ3v) is 3.78. The highest BCUT2D eigenvalue weighted by Gasteiger charge is 2.18. The summed E-state index contributed by atoms with van der Waals surface area (Å²) in [5.74, 6) is -0.532. The standard InChI is InChI=1S/C17H18N6O2/c1-9-5-11(15(18)10(2)21-9)16-12(8-23(3)22-16)13-6-20-14(7-19-13)17(24)25-4/h5-8H,18H2,1-4H3. The predicted octanol–water partition coefficient (Wildman–Crippen LogP) is 1.92. The number of esters is 1. The minimum Gasteiger partial charge on any atom is -0.464 e. The van der Waals surface area contributed by atoms with Crippen LogP contribution in [0.5, 0.6) is 0 Å². The lowest BCUT2D eigenvalue weighted by Gasteiger charge is -2.09. The summed E-state index contributed by atoms with van der Waals surface area (Å²) in [4.78, 5) is 24.3. The second kappa shape index (κ2) is 6.31. The van der Waals surface area contributed by atoms with Gasteiger partial charge >= 0.3 is 5.97 Å². The van der Waals surface area contributed by atoms with E-state index in [0.29, 0.717) is 17.1 Å². The molecule has 8 heteroatoms. The predicted molar refractivity (Wildman–Crippen MR) is 92.7 cm³/mol. The molecule has 8 nitrogen and oxygen atoms in total. The Hall–Kier alpha value is -3.29. The van der Waals surface area contributed by atoms with E-state index < -0.39 is 5.97 Å². The maximum atomic E-state index is 11.5. The third kappa shape index (κ3) is 3.06. The van der Waals surface area contributed by atoms with E-state index in [1.165, 1.54) is 19.5 Å². The van der Waals surface area contributed by atoms with Gasteiger partial charge in [-0.15, -0.1) is 0 Å². The molecule has 2 N–H and O–H groups in total. The molecule has 0 spiro atoms. The lowest BCUT2D eigenvalue weighted by atomic mass is 10.0. The number of methoxy groups -OCH3 is 1. The number of nitrogens with two attached hydrogens (primary N) is 1. The number of hydrogen-bond donors (Lipinski definition) is 1. The fraction of sp³-hybridized carbons (Fsp3) is 0.235. The Morgan fingerprint density at radius 2 is 1.96 bits per heavy atom. The molecule has 0 unspecified atom stereocenters. The van der Waals surface area contributed by atoms with Gasteiger partial charge in [-0.2, -0.15) is 5.10 Å². The van der Waals surface area contributed by atoms with Gasteiger partial charge < -0.3 is 10.5 Å². The number of ether oxygens (including phenoxy) is 1. The molecule has 0 radical (unpaired) electrons. The summed E-state index contributed by atoms with van der Waals surface area (Å²) in [6.45, 7) is 3.77. The van der Waals surface area contributed by atoms with Crippen molar-refractivity contribution in [3.8, 4) is 22.5 Å². The topological polar surface area (TPSA) is 109 Å². The van der Waals surface area contributed by atoms with Crippen molar-refractivity contribution in [3.05, 3.63) is 41.7 Å². The van der Waals surface area contributed by atoms with Crippen molar-refractivity contribution < 1.29 is 9.53 Å². The maximum absolute atomic E-state index is 11.5. The van der Waals surface area contributed by atoms with Crippen LogP contribution in [0.15, 0.2) is 24.7 Å². The van der Waals surface area contributed by atoms with Crippen molar-refractivity contribution in [3.63, 3.8) is 0 Å². The molecular weight excluding hydrogens is 320 g/mol. The second-order valence-corrected chi connectivity index (χ2v) is 5.65. The van der Waals surface area contributed by atoms with E-state index >= 15 is 0 Å². The first-order chi connectivity index (χ1) is 11.9. The molecule has 0 saturated carbocycles. The van der Waals surface area contributed by atoms with Crippen molar-refractivity contribution >= 4 is 11.7 Å². The zero-order valence-corrected chi connectivity index (χ0v) is 14.4. The Kier molecular flexibility index (Phi) is 4.18. The highest BCUT2D eigenvalue weighted by molar-refractivity contribution is 5.88. The Balaban J connectivity index is 2.13. The molecule has 3 rings (SSSR count). The molecule has 0 aliphatic heterocycles. The number of rotatable bonds is 3. The minimum atomic E-state index is -0.532. The summed E-state index contributed by atoms with van der Waals surface area (Å²) in [5.41, 5.74) is 11.4. The van der Waals surface area contributed by atoms with Crippen molar-refractivity contribution in [2.45, 2.75) is 13.8 Å². The lowest BCUT2D eigenvalue weighted by molar-refractivity contribution is 0.0593. The van der Waals surface area contributed by atoms with Crippen LogP contribution in [0.4, 0.5) is 5.69 Å². The van der Waals surface area contributed by atoms with Gasteiger partial charge in [-0.05, 0) is 19.9 Å². The molecule has 0 saturated heterocycles.